The Morgan fingerprint density at radius 1 is 1.04 bits per heavy atom. The fourth-order valence-corrected chi connectivity index (χ4v) is 2.19. The number of anilines is 1. The highest BCUT2D eigenvalue weighted by Gasteiger charge is 2.47. The van der Waals surface area contributed by atoms with Gasteiger partial charge in [0.15, 0.2) is 0 Å². The zero-order chi connectivity index (χ0) is 17.0. The zero-order valence-corrected chi connectivity index (χ0v) is 11.9. The van der Waals surface area contributed by atoms with E-state index in [1.165, 1.54) is 6.20 Å². The van der Waals surface area contributed by atoms with E-state index < -0.39 is 36.3 Å². The number of carboxylic acid groups (broad SMARTS) is 3. The molecule has 1 aromatic heterocycles. The Morgan fingerprint density at radius 3 is 2.30 bits per heavy atom. The maximum absolute atomic E-state index is 11.6. The minimum atomic E-state index is -2.48. The summed E-state index contributed by atoms with van der Waals surface area (Å²) in [5, 5.41) is 31.2. The van der Waals surface area contributed by atoms with Crippen molar-refractivity contribution in [2.45, 2.75) is 18.4 Å². The maximum Gasteiger partial charge on any atom is 0.341 e. The summed E-state index contributed by atoms with van der Waals surface area (Å²) in [4.78, 5) is 37.8. The molecule has 1 aromatic carbocycles. The minimum absolute atomic E-state index is 0.0679. The molecule has 2 rings (SSSR count). The Bertz CT molecular complexity index is 754. The van der Waals surface area contributed by atoms with E-state index in [1.54, 1.807) is 30.3 Å². The van der Waals surface area contributed by atoms with Gasteiger partial charge in [-0.3, -0.25) is 4.79 Å². The summed E-state index contributed by atoms with van der Waals surface area (Å²) < 4.78 is 0. The summed E-state index contributed by atoms with van der Waals surface area (Å²) in [6.45, 7) is 0. The van der Waals surface area contributed by atoms with Crippen LogP contribution in [-0.4, -0.2) is 43.8 Å². The maximum atomic E-state index is 11.6. The first-order valence-electron chi connectivity index (χ1n) is 6.67. The molecule has 0 aliphatic rings. The van der Waals surface area contributed by atoms with Gasteiger partial charge in [-0.2, -0.15) is 0 Å². The van der Waals surface area contributed by atoms with Crippen LogP contribution < -0.4 is 5.32 Å². The number of benzene rings is 1. The van der Waals surface area contributed by atoms with Crippen LogP contribution in [0.25, 0.3) is 10.8 Å². The molecule has 0 saturated heterocycles. The lowest BCUT2D eigenvalue weighted by atomic mass is 9.93. The molecule has 0 radical (unpaired) electrons. The van der Waals surface area contributed by atoms with Crippen LogP contribution in [0.4, 0.5) is 5.82 Å². The highest BCUT2D eigenvalue weighted by atomic mass is 16.4. The largest absolute Gasteiger partial charge is 0.481 e. The number of pyridine rings is 1. The minimum Gasteiger partial charge on any atom is -0.481 e. The number of hydrogen-bond donors (Lipinski definition) is 4. The van der Waals surface area contributed by atoms with Gasteiger partial charge in [0.25, 0.3) is 0 Å². The van der Waals surface area contributed by atoms with Crippen LogP contribution in [0.5, 0.6) is 0 Å². The number of aromatic nitrogens is 1. The number of carbonyl (C=O) groups is 3. The van der Waals surface area contributed by atoms with Crippen molar-refractivity contribution in [3.8, 4) is 0 Å². The molecule has 0 fully saturated rings. The van der Waals surface area contributed by atoms with Crippen LogP contribution in [0.3, 0.4) is 0 Å². The normalized spacial score (nSPS) is 11.1. The Balaban J connectivity index is 2.49. The molecule has 1 heterocycles. The van der Waals surface area contributed by atoms with Crippen LogP contribution in [0.1, 0.15) is 12.8 Å². The third kappa shape index (κ3) is 3.20. The van der Waals surface area contributed by atoms with E-state index in [-0.39, 0.29) is 5.82 Å². The van der Waals surface area contributed by atoms with Crippen LogP contribution >= 0.6 is 0 Å². The molecule has 8 heteroatoms. The first-order valence-corrected chi connectivity index (χ1v) is 6.67. The molecule has 0 amide bonds. The monoisotopic (exact) mass is 318 g/mol. The zero-order valence-electron chi connectivity index (χ0n) is 11.9. The van der Waals surface area contributed by atoms with Gasteiger partial charge in [0.1, 0.15) is 5.82 Å². The summed E-state index contributed by atoms with van der Waals surface area (Å²) in [7, 11) is 0. The van der Waals surface area contributed by atoms with E-state index in [0.717, 1.165) is 5.39 Å². The Morgan fingerprint density at radius 2 is 1.70 bits per heavy atom. The molecule has 8 nitrogen and oxygen atoms in total. The third-order valence-electron chi connectivity index (χ3n) is 3.45. The molecule has 0 bridgehead atoms. The molecule has 120 valence electrons. The topological polar surface area (TPSA) is 137 Å². The average molecular weight is 318 g/mol. The second kappa shape index (κ2) is 6.30. The molecule has 0 atom stereocenters. The number of nitrogens with one attached hydrogen (secondary N) is 1. The summed E-state index contributed by atoms with van der Waals surface area (Å²) in [5.74, 6) is -4.58. The van der Waals surface area contributed by atoms with Gasteiger partial charge in [-0.05, 0) is 11.5 Å². The second-order valence-corrected chi connectivity index (χ2v) is 4.92. The highest BCUT2D eigenvalue weighted by Crippen LogP contribution is 2.26. The number of rotatable bonds is 7. The van der Waals surface area contributed by atoms with Gasteiger partial charge in [-0.15, -0.1) is 0 Å². The molecule has 0 aliphatic carbocycles. The van der Waals surface area contributed by atoms with Gasteiger partial charge >= 0.3 is 17.9 Å². The number of aliphatic carboxylic acids is 3. The predicted octanol–water partition coefficient (Wildman–Crippen LogP) is 1.42. The number of nitrogens with zero attached hydrogens (tertiary/aromatic N) is 1. The fraction of sp³-hybridized carbons (Fsp3) is 0.200. The average Bonchev–Trinajstić information content (AvgIpc) is 2.50. The summed E-state index contributed by atoms with van der Waals surface area (Å²) in [6.07, 6.45) is 0.171. The van der Waals surface area contributed by atoms with Crippen molar-refractivity contribution in [3.05, 3.63) is 36.5 Å². The van der Waals surface area contributed by atoms with E-state index in [1.807, 2.05) is 0 Å². The van der Waals surface area contributed by atoms with E-state index in [0.29, 0.717) is 5.39 Å². The molecule has 23 heavy (non-hydrogen) atoms. The summed E-state index contributed by atoms with van der Waals surface area (Å²) in [5.41, 5.74) is -2.48. The predicted molar refractivity (Wildman–Crippen MR) is 80.2 cm³/mol. The lowest BCUT2D eigenvalue weighted by Gasteiger charge is -2.26. The van der Waals surface area contributed by atoms with Crippen molar-refractivity contribution >= 4 is 34.5 Å². The van der Waals surface area contributed by atoms with Gasteiger partial charge in [0.05, 0.1) is 0 Å². The quantitative estimate of drug-likeness (QED) is 0.562. The van der Waals surface area contributed by atoms with Crippen molar-refractivity contribution < 1.29 is 29.7 Å². The van der Waals surface area contributed by atoms with Gasteiger partial charge < -0.3 is 20.6 Å². The van der Waals surface area contributed by atoms with E-state index in [9.17, 15) is 24.6 Å². The SMILES string of the molecule is O=C(O)CCC(Nc1nccc2ccccc12)(C(=O)O)C(=O)O. The van der Waals surface area contributed by atoms with Gasteiger partial charge in [-0.25, -0.2) is 14.6 Å². The van der Waals surface area contributed by atoms with Crippen molar-refractivity contribution in [2.24, 2.45) is 0 Å². The molecule has 0 unspecified atom stereocenters. The molecular weight excluding hydrogens is 304 g/mol. The fourth-order valence-electron chi connectivity index (χ4n) is 2.19. The Labute approximate surface area is 130 Å². The molecular formula is C15H14N2O6. The van der Waals surface area contributed by atoms with Crippen molar-refractivity contribution in [3.63, 3.8) is 0 Å². The van der Waals surface area contributed by atoms with Crippen molar-refractivity contribution in [2.75, 3.05) is 5.32 Å². The highest BCUT2D eigenvalue weighted by molar-refractivity contribution is 6.08. The number of fused-ring (bicyclic) bond motifs is 1. The third-order valence-corrected chi connectivity index (χ3v) is 3.45. The van der Waals surface area contributed by atoms with Crippen LogP contribution in [0.2, 0.25) is 0 Å². The number of hydrogen-bond acceptors (Lipinski definition) is 5. The number of carboxylic acids is 3. The first-order chi connectivity index (χ1) is 10.9. The lowest BCUT2D eigenvalue weighted by Crippen LogP contribution is -2.54. The van der Waals surface area contributed by atoms with Crippen molar-refractivity contribution in [1.82, 2.24) is 4.98 Å². The molecule has 0 aliphatic heterocycles. The van der Waals surface area contributed by atoms with Crippen LogP contribution in [0.15, 0.2) is 36.5 Å². The Kier molecular flexibility index (Phi) is 4.44. The van der Waals surface area contributed by atoms with Crippen LogP contribution in [-0.2, 0) is 14.4 Å². The molecule has 0 spiro atoms. The standard InChI is InChI=1S/C15H14N2O6/c18-11(19)5-7-15(13(20)21,14(22)23)17-12-10-4-2-1-3-9(10)6-8-16-12/h1-4,6,8H,5,7H2,(H,16,17)(H,18,19)(H,20,21)(H,22,23). The smallest absolute Gasteiger partial charge is 0.341 e. The molecule has 0 saturated carbocycles. The van der Waals surface area contributed by atoms with Gasteiger partial charge in [-0.1, -0.05) is 24.3 Å². The lowest BCUT2D eigenvalue weighted by molar-refractivity contribution is -0.156. The van der Waals surface area contributed by atoms with Gasteiger partial charge in [0.2, 0.25) is 5.54 Å². The first kappa shape index (κ1) is 16.2. The van der Waals surface area contributed by atoms with E-state index in [2.05, 4.69) is 10.3 Å². The summed E-state index contributed by atoms with van der Waals surface area (Å²) >= 11 is 0. The second-order valence-electron chi connectivity index (χ2n) is 4.92. The van der Waals surface area contributed by atoms with E-state index >= 15 is 0 Å². The van der Waals surface area contributed by atoms with Crippen molar-refractivity contribution in [1.29, 1.82) is 0 Å². The van der Waals surface area contributed by atoms with Crippen LogP contribution in [0, 0.1) is 0 Å². The molecule has 4 N–H and O–H groups in total. The van der Waals surface area contributed by atoms with E-state index in [4.69, 9.17) is 5.11 Å². The Hall–Kier alpha value is -3.16. The van der Waals surface area contributed by atoms with Gasteiger partial charge in [0, 0.05) is 24.4 Å². The molecule has 2 aromatic rings. The summed E-state index contributed by atoms with van der Waals surface area (Å²) in [6, 6.07) is 8.60.